The first-order valence-corrected chi connectivity index (χ1v) is 7.06. The fourth-order valence-electron chi connectivity index (χ4n) is 1.98. The van der Waals surface area contributed by atoms with Gasteiger partial charge in [-0.3, -0.25) is 4.79 Å². The monoisotopic (exact) mass is 340 g/mol. The average molecular weight is 341 g/mol. The van der Waals surface area contributed by atoms with Crippen LogP contribution in [0.4, 0.5) is 11.5 Å². The quantitative estimate of drug-likeness (QED) is 0.364. The second kappa shape index (κ2) is 6.71. The maximum Gasteiger partial charge on any atom is 0.374 e. The number of aromatic nitrogens is 3. The molecule has 0 atom stereocenters. The molecule has 2 rings (SSSR count). The predicted octanol–water partition coefficient (Wildman–Crippen LogP) is 1.02. The fourth-order valence-corrected chi connectivity index (χ4v) is 2.07. The number of imidazole rings is 1. The number of hydrazine groups is 1. The summed E-state index contributed by atoms with van der Waals surface area (Å²) in [5, 5.41) is 2.61. The van der Waals surface area contributed by atoms with Gasteiger partial charge in [0.05, 0.1) is 12.3 Å². The number of hydrogen-bond acceptors (Lipinski definition) is 6. The van der Waals surface area contributed by atoms with Gasteiger partial charge in [-0.1, -0.05) is 0 Å². The minimum Gasteiger partial charge on any atom is -0.460 e. The van der Waals surface area contributed by atoms with E-state index in [2.05, 4.69) is 10.3 Å². The molecule has 2 heterocycles. The van der Waals surface area contributed by atoms with Crippen molar-refractivity contribution in [1.82, 2.24) is 14.1 Å². The Labute approximate surface area is 137 Å². The third kappa shape index (κ3) is 3.63. The molecule has 2 aromatic rings. The van der Waals surface area contributed by atoms with E-state index < -0.39 is 11.9 Å². The van der Waals surface area contributed by atoms with Crippen molar-refractivity contribution in [2.45, 2.75) is 6.92 Å². The number of halogens is 1. The molecule has 3 N–H and O–H groups in total. The van der Waals surface area contributed by atoms with E-state index in [-0.39, 0.29) is 18.2 Å². The molecule has 0 bridgehead atoms. The van der Waals surface area contributed by atoms with Crippen LogP contribution in [0.3, 0.4) is 0 Å². The normalized spacial score (nSPS) is 10.5. The van der Waals surface area contributed by atoms with Gasteiger partial charge in [0.15, 0.2) is 5.82 Å². The molecule has 0 spiro atoms. The Morgan fingerprint density at radius 3 is 2.65 bits per heavy atom. The van der Waals surface area contributed by atoms with Gasteiger partial charge in [0, 0.05) is 38.3 Å². The van der Waals surface area contributed by atoms with Crippen LogP contribution in [0.2, 0.25) is 0 Å². The lowest BCUT2D eigenvalue weighted by atomic mass is 10.4. The molecule has 1 amide bonds. The average Bonchev–Trinajstić information content (AvgIpc) is 3.02. The van der Waals surface area contributed by atoms with Gasteiger partial charge < -0.3 is 19.2 Å². The lowest BCUT2D eigenvalue weighted by molar-refractivity contribution is 0.0508. The summed E-state index contributed by atoms with van der Waals surface area (Å²) in [5.41, 5.74) is 0.798. The summed E-state index contributed by atoms with van der Waals surface area (Å²) in [6.45, 7) is 1.95. The molecule has 0 saturated carbocycles. The number of anilines is 2. The molecule has 0 aliphatic rings. The third-order valence-electron chi connectivity index (χ3n) is 3.05. The molecule has 9 nitrogen and oxygen atoms in total. The van der Waals surface area contributed by atoms with E-state index >= 15 is 0 Å². The van der Waals surface area contributed by atoms with Crippen LogP contribution in [-0.2, 0) is 18.8 Å². The highest BCUT2D eigenvalue weighted by Gasteiger charge is 2.18. The summed E-state index contributed by atoms with van der Waals surface area (Å²) in [4.78, 5) is 28.0. The number of hydrogen-bond donors (Lipinski definition) is 2. The molecule has 0 aliphatic carbocycles. The Morgan fingerprint density at radius 2 is 2.09 bits per heavy atom. The van der Waals surface area contributed by atoms with Crippen LogP contribution in [0, 0.1) is 0 Å². The standard InChI is InChI=1S/C13H17ClN6O3/c1-4-23-13(22)11-16-10(7-19(11)3)17-12(21)9-5-8(20(14)15)6-18(9)2/h5-7H,4,15H2,1-3H3,(H,17,21). The van der Waals surface area contributed by atoms with E-state index in [1.807, 2.05) is 0 Å². The van der Waals surface area contributed by atoms with Crippen LogP contribution in [0.15, 0.2) is 18.5 Å². The molecule has 0 unspecified atom stereocenters. The molecule has 2 aromatic heterocycles. The molecule has 124 valence electrons. The van der Waals surface area contributed by atoms with Gasteiger partial charge in [-0.05, 0) is 13.0 Å². The number of amides is 1. The van der Waals surface area contributed by atoms with Crippen molar-refractivity contribution in [2.24, 2.45) is 19.9 Å². The van der Waals surface area contributed by atoms with E-state index in [1.165, 1.54) is 16.8 Å². The third-order valence-corrected chi connectivity index (χ3v) is 3.24. The van der Waals surface area contributed by atoms with E-state index in [4.69, 9.17) is 22.4 Å². The lowest BCUT2D eigenvalue weighted by Crippen LogP contribution is -2.17. The fraction of sp³-hybridized carbons (Fsp3) is 0.308. The van der Waals surface area contributed by atoms with Crippen molar-refractivity contribution in [2.75, 3.05) is 16.5 Å². The van der Waals surface area contributed by atoms with E-state index in [0.717, 1.165) is 4.53 Å². The zero-order valence-corrected chi connectivity index (χ0v) is 13.7. The Kier molecular flexibility index (Phi) is 4.92. The minimum atomic E-state index is -0.558. The maximum absolute atomic E-state index is 12.3. The number of aryl methyl sites for hydroxylation is 2. The van der Waals surface area contributed by atoms with Crippen molar-refractivity contribution in [3.8, 4) is 0 Å². The van der Waals surface area contributed by atoms with Crippen LogP contribution >= 0.6 is 11.8 Å². The van der Waals surface area contributed by atoms with Crippen LogP contribution < -0.4 is 15.7 Å². The van der Waals surface area contributed by atoms with Crippen LogP contribution in [0.25, 0.3) is 0 Å². The molecule has 0 radical (unpaired) electrons. The summed E-state index contributed by atoms with van der Waals surface area (Å²) in [7, 11) is 3.32. The van der Waals surface area contributed by atoms with Gasteiger partial charge in [-0.25, -0.2) is 20.1 Å². The van der Waals surface area contributed by atoms with E-state index in [0.29, 0.717) is 11.4 Å². The summed E-state index contributed by atoms with van der Waals surface area (Å²) in [6, 6.07) is 1.53. The zero-order chi connectivity index (χ0) is 17.1. The van der Waals surface area contributed by atoms with Crippen molar-refractivity contribution in [3.63, 3.8) is 0 Å². The molecular formula is C13H17ClN6O3. The largest absolute Gasteiger partial charge is 0.460 e. The highest BCUT2D eigenvalue weighted by Crippen LogP contribution is 2.18. The lowest BCUT2D eigenvalue weighted by Gasteiger charge is -2.02. The maximum atomic E-state index is 12.3. The number of carbonyl (C=O) groups is 2. The SMILES string of the molecule is CCOC(=O)c1nc(NC(=O)c2cc(N(N)Cl)cn2C)cn1C. The number of nitrogens with two attached hydrogens (primary N) is 1. The number of nitrogens with one attached hydrogen (secondary N) is 1. The molecule has 23 heavy (non-hydrogen) atoms. The molecule has 0 aromatic carbocycles. The zero-order valence-electron chi connectivity index (χ0n) is 12.9. The van der Waals surface area contributed by atoms with Gasteiger partial charge in [-0.15, -0.1) is 0 Å². The number of ether oxygens (including phenoxy) is 1. The first kappa shape index (κ1) is 16.8. The Morgan fingerprint density at radius 1 is 1.39 bits per heavy atom. The number of carbonyl (C=O) groups excluding carboxylic acids is 2. The highest BCUT2D eigenvalue weighted by atomic mass is 35.5. The summed E-state index contributed by atoms with van der Waals surface area (Å²) in [5.74, 6) is 4.79. The molecule has 0 fully saturated rings. The van der Waals surface area contributed by atoms with Crippen molar-refractivity contribution in [3.05, 3.63) is 30.0 Å². The van der Waals surface area contributed by atoms with Crippen molar-refractivity contribution in [1.29, 1.82) is 0 Å². The molecule has 10 heteroatoms. The first-order valence-electron chi connectivity index (χ1n) is 6.72. The van der Waals surface area contributed by atoms with E-state index in [9.17, 15) is 9.59 Å². The second-order valence-electron chi connectivity index (χ2n) is 4.74. The van der Waals surface area contributed by atoms with Crippen LogP contribution in [0.1, 0.15) is 28.0 Å². The topological polar surface area (TPSA) is 107 Å². The highest BCUT2D eigenvalue weighted by molar-refractivity contribution is 6.25. The summed E-state index contributed by atoms with van der Waals surface area (Å²) in [6.07, 6.45) is 3.12. The molecule has 0 aliphatic heterocycles. The minimum absolute atomic E-state index is 0.101. The molecule has 0 saturated heterocycles. The van der Waals surface area contributed by atoms with Gasteiger partial charge in [-0.2, -0.15) is 0 Å². The predicted molar refractivity (Wildman–Crippen MR) is 85.1 cm³/mol. The first-order chi connectivity index (χ1) is 10.8. The Bertz CT molecular complexity index is 736. The van der Waals surface area contributed by atoms with Gasteiger partial charge in [0.1, 0.15) is 5.69 Å². The second-order valence-corrected chi connectivity index (χ2v) is 5.11. The summed E-state index contributed by atoms with van der Waals surface area (Å²) < 4.78 is 8.82. The van der Waals surface area contributed by atoms with Gasteiger partial charge in [0.2, 0.25) is 5.82 Å². The van der Waals surface area contributed by atoms with Crippen LogP contribution in [-0.4, -0.2) is 32.6 Å². The number of esters is 1. The summed E-state index contributed by atoms with van der Waals surface area (Å²) >= 11 is 5.64. The number of nitrogens with zero attached hydrogens (tertiary/aromatic N) is 4. The Hall–Kier alpha value is -2.52. The number of rotatable bonds is 5. The van der Waals surface area contributed by atoms with Gasteiger partial charge in [0.25, 0.3) is 5.91 Å². The van der Waals surface area contributed by atoms with Crippen molar-refractivity contribution < 1.29 is 14.3 Å². The molecular weight excluding hydrogens is 324 g/mol. The van der Waals surface area contributed by atoms with Crippen LogP contribution in [0.5, 0.6) is 0 Å². The van der Waals surface area contributed by atoms with Crippen molar-refractivity contribution >= 4 is 35.2 Å². The van der Waals surface area contributed by atoms with Gasteiger partial charge >= 0.3 is 5.97 Å². The van der Waals surface area contributed by atoms with E-state index in [1.54, 1.807) is 31.8 Å². The smallest absolute Gasteiger partial charge is 0.374 e. The Balaban J connectivity index is 2.18.